The molecule has 1 aliphatic rings. The maximum Gasteiger partial charge on any atom is 0.229 e. The van der Waals surface area contributed by atoms with Crippen molar-refractivity contribution in [1.82, 2.24) is 9.97 Å². The van der Waals surface area contributed by atoms with Crippen molar-refractivity contribution >= 4 is 52.1 Å². The molecule has 0 fully saturated rings. The summed E-state index contributed by atoms with van der Waals surface area (Å²) in [5.74, 6) is 1.18. The van der Waals surface area contributed by atoms with E-state index in [2.05, 4.69) is 46.6 Å². The topological polar surface area (TPSA) is 66.9 Å². The van der Waals surface area contributed by atoms with Crippen molar-refractivity contribution in [1.29, 1.82) is 0 Å². The molecule has 0 radical (unpaired) electrons. The van der Waals surface area contributed by atoms with Crippen LogP contribution < -0.4 is 10.6 Å². The van der Waals surface area contributed by atoms with Crippen LogP contribution in [0.15, 0.2) is 42.5 Å². The standard InChI is InChI=1S/C23H22Cl2N4O/c1-3-14-4-6-17(7-5-14)27-23-28-19-8-13(2)9-20(30)21(19)22(29-23)26-18-11-15(24)10-16(25)12-18/h4-7,10-13H,3,8-9H2,1-2H3,(H2,26,27,28,29). The molecule has 0 bridgehead atoms. The zero-order chi connectivity index (χ0) is 21.3. The van der Waals surface area contributed by atoms with Crippen LogP contribution in [-0.4, -0.2) is 15.8 Å². The first-order valence-electron chi connectivity index (χ1n) is 9.94. The average Bonchev–Trinajstić information content (AvgIpc) is 2.67. The normalized spacial score (nSPS) is 15.6. The first-order valence-corrected chi connectivity index (χ1v) is 10.7. The summed E-state index contributed by atoms with van der Waals surface area (Å²) in [7, 11) is 0. The fourth-order valence-corrected chi connectivity index (χ4v) is 4.16. The lowest BCUT2D eigenvalue weighted by Crippen LogP contribution is -2.22. The molecule has 5 nitrogen and oxygen atoms in total. The number of fused-ring (bicyclic) bond motifs is 1. The molecule has 0 spiro atoms. The molecule has 1 atom stereocenters. The van der Waals surface area contributed by atoms with E-state index in [0.29, 0.717) is 39.5 Å². The van der Waals surface area contributed by atoms with Crippen molar-refractivity contribution in [2.45, 2.75) is 33.1 Å². The third kappa shape index (κ3) is 4.58. The number of Topliss-reactive ketones (excluding diaryl/α,β-unsaturated/α-hetero) is 1. The Hall–Kier alpha value is -2.63. The number of halogens is 2. The molecule has 1 aromatic heterocycles. The molecular formula is C23H22Cl2N4O. The van der Waals surface area contributed by atoms with Gasteiger partial charge >= 0.3 is 0 Å². The van der Waals surface area contributed by atoms with Crippen LogP contribution in [0.25, 0.3) is 0 Å². The minimum absolute atomic E-state index is 0.0400. The Morgan fingerprint density at radius 2 is 1.67 bits per heavy atom. The zero-order valence-electron chi connectivity index (χ0n) is 16.8. The summed E-state index contributed by atoms with van der Waals surface area (Å²) in [4.78, 5) is 22.1. The quantitative estimate of drug-likeness (QED) is 0.467. The van der Waals surface area contributed by atoms with Crippen LogP contribution in [0.2, 0.25) is 10.0 Å². The van der Waals surface area contributed by atoms with Crippen molar-refractivity contribution in [2.75, 3.05) is 10.6 Å². The minimum atomic E-state index is 0.0400. The van der Waals surface area contributed by atoms with Crippen LogP contribution in [-0.2, 0) is 12.8 Å². The van der Waals surface area contributed by atoms with E-state index in [1.54, 1.807) is 18.2 Å². The number of hydrogen-bond donors (Lipinski definition) is 2. The third-order valence-corrected chi connectivity index (χ3v) is 5.52. The van der Waals surface area contributed by atoms with Crippen LogP contribution >= 0.6 is 23.2 Å². The van der Waals surface area contributed by atoms with Gasteiger partial charge in [-0.1, -0.05) is 49.2 Å². The maximum absolute atomic E-state index is 12.8. The minimum Gasteiger partial charge on any atom is -0.339 e. The number of nitrogens with zero attached hydrogens (tertiary/aromatic N) is 2. The summed E-state index contributed by atoms with van der Waals surface area (Å²) < 4.78 is 0. The van der Waals surface area contributed by atoms with Gasteiger partial charge in [-0.3, -0.25) is 4.79 Å². The number of benzene rings is 2. The molecule has 2 aromatic carbocycles. The van der Waals surface area contributed by atoms with E-state index in [1.165, 1.54) is 5.56 Å². The average molecular weight is 441 g/mol. The third-order valence-electron chi connectivity index (χ3n) is 5.08. The Kier molecular flexibility index (Phi) is 5.93. The number of carbonyl (C=O) groups excluding carboxylic acids is 1. The van der Waals surface area contributed by atoms with Crippen LogP contribution in [0.5, 0.6) is 0 Å². The van der Waals surface area contributed by atoms with Crippen molar-refractivity contribution < 1.29 is 4.79 Å². The smallest absolute Gasteiger partial charge is 0.229 e. The van der Waals surface area contributed by atoms with Gasteiger partial charge in [-0.05, 0) is 54.7 Å². The Morgan fingerprint density at radius 1 is 0.967 bits per heavy atom. The molecule has 0 aliphatic heterocycles. The highest BCUT2D eigenvalue weighted by Gasteiger charge is 2.28. The number of aryl methyl sites for hydroxylation is 1. The van der Waals surface area contributed by atoms with E-state index >= 15 is 0 Å². The molecule has 3 aromatic rings. The second-order valence-electron chi connectivity index (χ2n) is 7.61. The summed E-state index contributed by atoms with van der Waals surface area (Å²) in [6, 6.07) is 13.3. The molecule has 0 amide bonds. The zero-order valence-corrected chi connectivity index (χ0v) is 18.3. The number of rotatable bonds is 5. The highest BCUT2D eigenvalue weighted by molar-refractivity contribution is 6.35. The molecule has 30 heavy (non-hydrogen) atoms. The van der Waals surface area contributed by atoms with Gasteiger partial charge < -0.3 is 10.6 Å². The Bertz CT molecular complexity index is 1080. The van der Waals surface area contributed by atoms with Crippen molar-refractivity contribution in [2.24, 2.45) is 5.92 Å². The van der Waals surface area contributed by atoms with Crippen LogP contribution in [0.3, 0.4) is 0 Å². The second-order valence-corrected chi connectivity index (χ2v) is 8.49. The number of ketones is 1. The highest BCUT2D eigenvalue weighted by Crippen LogP contribution is 2.33. The Balaban J connectivity index is 1.73. The number of carbonyl (C=O) groups is 1. The van der Waals surface area contributed by atoms with Gasteiger partial charge in [0.05, 0.1) is 11.3 Å². The number of anilines is 4. The molecule has 1 unspecified atom stereocenters. The van der Waals surface area contributed by atoms with Crippen LogP contribution in [0.1, 0.15) is 41.9 Å². The van der Waals surface area contributed by atoms with Gasteiger partial charge in [0.15, 0.2) is 5.78 Å². The van der Waals surface area contributed by atoms with E-state index in [1.807, 2.05) is 12.1 Å². The van der Waals surface area contributed by atoms with Gasteiger partial charge in [0.25, 0.3) is 0 Å². The Labute approximate surface area is 185 Å². The fourth-order valence-electron chi connectivity index (χ4n) is 3.63. The van der Waals surface area contributed by atoms with Gasteiger partial charge in [-0.15, -0.1) is 0 Å². The summed E-state index contributed by atoms with van der Waals surface area (Å²) >= 11 is 12.3. The van der Waals surface area contributed by atoms with Gasteiger partial charge in [-0.25, -0.2) is 4.98 Å². The van der Waals surface area contributed by atoms with E-state index in [0.717, 1.165) is 24.2 Å². The Morgan fingerprint density at radius 3 is 2.33 bits per heavy atom. The van der Waals surface area contributed by atoms with Gasteiger partial charge in [0.1, 0.15) is 5.82 Å². The summed E-state index contributed by atoms with van der Waals surface area (Å²) in [5, 5.41) is 7.48. The fraction of sp³-hybridized carbons (Fsp3) is 0.261. The van der Waals surface area contributed by atoms with Gasteiger partial charge in [-0.2, -0.15) is 4.98 Å². The first kappa shape index (κ1) is 20.6. The molecule has 1 heterocycles. The molecule has 0 saturated heterocycles. The molecule has 7 heteroatoms. The SMILES string of the molecule is CCc1ccc(Nc2nc3c(c(Nc4cc(Cl)cc(Cl)c4)n2)C(=O)CC(C)C3)cc1. The van der Waals surface area contributed by atoms with Gasteiger partial charge in [0, 0.05) is 27.8 Å². The number of nitrogens with one attached hydrogen (secondary N) is 2. The molecule has 4 rings (SSSR count). The van der Waals surface area contributed by atoms with E-state index in [-0.39, 0.29) is 11.7 Å². The summed E-state index contributed by atoms with van der Waals surface area (Å²) in [5.41, 5.74) is 4.09. The lowest BCUT2D eigenvalue weighted by Gasteiger charge is -2.23. The monoisotopic (exact) mass is 440 g/mol. The predicted octanol–water partition coefficient (Wildman–Crippen LogP) is 6.60. The highest BCUT2D eigenvalue weighted by atomic mass is 35.5. The molecule has 154 valence electrons. The summed E-state index contributed by atoms with van der Waals surface area (Å²) in [6.07, 6.45) is 2.18. The molecule has 1 aliphatic carbocycles. The number of aromatic nitrogens is 2. The van der Waals surface area contributed by atoms with E-state index < -0.39 is 0 Å². The molecular weight excluding hydrogens is 419 g/mol. The van der Waals surface area contributed by atoms with E-state index in [4.69, 9.17) is 23.2 Å². The molecule has 0 saturated carbocycles. The van der Waals surface area contributed by atoms with Gasteiger partial charge in [0.2, 0.25) is 5.95 Å². The predicted molar refractivity (Wildman–Crippen MR) is 123 cm³/mol. The lowest BCUT2D eigenvalue weighted by atomic mass is 9.87. The maximum atomic E-state index is 12.8. The van der Waals surface area contributed by atoms with Crippen molar-refractivity contribution in [3.63, 3.8) is 0 Å². The second kappa shape index (κ2) is 8.62. The first-order chi connectivity index (χ1) is 14.4. The van der Waals surface area contributed by atoms with E-state index in [9.17, 15) is 4.79 Å². The largest absolute Gasteiger partial charge is 0.339 e. The van der Waals surface area contributed by atoms with Crippen molar-refractivity contribution in [3.05, 3.63) is 69.3 Å². The number of hydrogen-bond acceptors (Lipinski definition) is 5. The van der Waals surface area contributed by atoms with Crippen LogP contribution in [0.4, 0.5) is 23.1 Å². The van der Waals surface area contributed by atoms with Crippen LogP contribution in [0, 0.1) is 5.92 Å². The summed E-state index contributed by atoms with van der Waals surface area (Å²) in [6.45, 7) is 4.18. The van der Waals surface area contributed by atoms with Crippen molar-refractivity contribution in [3.8, 4) is 0 Å². The lowest BCUT2D eigenvalue weighted by molar-refractivity contribution is 0.0953. The molecule has 2 N–H and O–H groups in total.